The summed E-state index contributed by atoms with van der Waals surface area (Å²) in [5.41, 5.74) is 2.73. The number of amides is 1. The van der Waals surface area contributed by atoms with Crippen molar-refractivity contribution in [1.82, 2.24) is 9.47 Å². The van der Waals surface area contributed by atoms with Crippen LogP contribution in [0.1, 0.15) is 44.7 Å². The number of carbonyl (C=O) groups excluding carboxylic acids is 3. The highest BCUT2D eigenvalue weighted by atomic mass is 32.2. The lowest BCUT2D eigenvalue weighted by atomic mass is 9.73. The van der Waals surface area contributed by atoms with Crippen molar-refractivity contribution in [2.24, 2.45) is 5.92 Å². The summed E-state index contributed by atoms with van der Waals surface area (Å²) < 4.78 is 12.4. The van der Waals surface area contributed by atoms with E-state index in [0.717, 1.165) is 26.9 Å². The van der Waals surface area contributed by atoms with Crippen molar-refractivity contribution in [3.05, 3.63) is 65.9 Å². The second-order valence-corrected chi connectivity index (χ2v) is 10.9. The number of nitrogens with zero attached hydrogens (tertiary/aromatic N) is 2. The monoisotopic (exact) mass is 506 g/mol. The summed E-state index contributed by atoms with van der Waals surface area (Å²) in [4.78, 5) is 41.6. The Bertz CT molecular complexity index is 1340. The second-order valence-electron chi connectivity index (χ2n) is 9.36. The van der Waals surface area contributed by atoms with E-state index in [1.807, 2.05) is 42.5 Å². The number of hydrogen-bond acceptors (Lipinski definition) is 6. The number of esters is 1. The van der Waals surface area contributed by atoms with Gasteiger partial charge in [0.1, 0.15) is 6.04 Å². The average Bonchev–Trinajstić information content (AvgIpc) is 3.35. The van der Waals surface area contributed by atoms with Gasteiger partial charge in [-0.25, -0.2) is 9.59 Å². The molecule has 1 saturated heterocycles. The molecule has 4 atom stereocenters. The Labute approximate surface area is 214 Å². The number of ether oxygens (including phenoxy) is 2. The fourth-order valence-corrected chi connectivity index (χ4v) is 7.60. The maximum absolute atomic E-state index is 13.5. The highest BCUT2D eigenvalue weighted by Gasteiger charge is 2.62. The summed E-state index contributed by atoms with van der Waals surface area (Å²) in [6.07, 6.45) is 2.00. The summed E-state index contributed by atoms with van der Waals surface area (Å²) in [5.74, 6) is -1.02. The van der Waals surface area contributed by atoms with Crippen molar-refractivity contribution in [3.8, 4) is 0 Å². The molecule has 0 radical (unpaired) electrons. The molecular formula is C28H30N2O5S. The van der Waals surface area contributed by atoms with Crippen LogP contribution < -0.4 is 0 Å². The average molecular weight is 507 g/mol. The number of rotatable bonds is 5. The number of thioether (sulfide) groups is 1. The third kappa shape index (κ3) is 3.70. The molecule has 7 nitrogen and oxygen atoms in total. The number of carbonyl (C=O) groups is 3. The van der Waals surface area contributed by atoms with Gasteiger partial charge in [-0.15, -0.1) is 0 Å². The standard InChI is InChI=1S/C28H30N2O5S/c1-5-34-26(32)25-24-20-16-29(27(33)35-6-2)22-14-10-11-18(23(20)22)15-21(24)28(4,30(25)17(3)31)36-19-12-8-7-9-13-19/h7-14,16,21,24-25H,5-6,15H2,1-4H3/t21-,24+,25+,28?/m0/s1. The Morgan fingerprint density at radius 1 is 1.03 bits per heavy atom. The fraction of sp³-hybridized carbons (Fsp3) is 0.393. The Morgan fingerprint density at radius 3 is 2.42 bits per heavy atom. The maximum Gasteiger partial charge on any atom is 0.418 e. The topological polar surface area (TPSA) is 77.8 Å². The third-order valence-electron chi connectivity index (χ3n) is 7.36. The van der Waals surface area contributed by atoms with Crippen molar-refractivity contribution in [2.45, 2.75) is 55.8 Å². The quantitative estimate of drug-likeness (QED) is 0.443. The molecule has 0 spiro atoms. The van der Waals surface area contributed by atoms with Gasteiger partial charge in [0, 0.05) is 35.2 Å². The van der Waals surface area contributed by atoms with E-state index in [9.17, 15) is 14.4 Å². The molecule has 3 aromatic rings. The third-order valence-corrected chi connectivity index (χ3v) is 8.78. The molecule has 5 rings (SSSR count). The normalized spacial score (nSPS) is 24.4. The van der Waals surface area contributed by atoms with Gasteiger partial charge in [-0.2, -0.15) is 0 Å². The van der Waals surface area contributed by atoms with Crippen molar-refractivity contribution in [1.29, 1.82) is 0 Å². The van der Waals surface area contributed by atoms with E-state index in [0.29, 0.717) is 6.42 Å². The van der Waals surface area contributed by atoms with Crippen LogP contribution in [0, 0.1) is 5.92 Å². The number of benzene rings is 2. The minimum Gasteiger partial charge on any atom is -0.464 e. The molecule has 2 aliphatic rings. The first-order valence-corrected chi connectivity index (χ1v) is 13.1. The zero-order valence-corrected chi connectivity index (χ0v) is 21.7. The molecule has 1 aliphatic carbocycles. The first kappa shape index (κ1) is 24.4. The lowest BCUT2D eigenvalue weighted by Gasteiger charge is -2.40. The van der Waals surface area contributed by atoms with Crippen molar-refractivity contribution in [2.75, 3.05) is 13.2 Å². The number of aromatic nitrogens is 1. The maximum atomic E-state index is 13.5. The van der Waals surface area contributed by atoms with Gasteiger partial charge in [0.15, 0.2) is 0 Å². The van der Waals surface area contributed by atoms with Crippen LogP contribution in [0.25, 0.3) is 10.9 Å². The lowest BCUT2D eigenvalue weighted by Crippen LogP contribution is -2.51. The summed E-state index contributed by atoms with van der Waals surface area (Å²) >= 11 is 1.60. The Balaban J connectivity index is 1.73. The molecule has 0 bridgehead atoms. The van der Waals surface area contributed by atoms with E-state index in [-0.39, 0.29) is 31.0 Å². The van der Waals surface area contributed by atoms with E-state index in [2.05, 4.69) is 13.0 Å². The summed E-state index contributed by atoms with van der Waals surface area (Å²) in [6, 6.07) is 15.1. The molecule has 36 heavy (non-hydrogen) atoms. The van der Waals surface area contributed by atoms with Gasteiger partial charge in [-0.05, 0) is 56.5 Å². The van der Waals surface area contributed by atoms with Crippen LogP contribution in [0.5, 0.6) is 0 Å². The molecule has 2 aromatic carbocycles. The predicted octanol–water partition coefficient (Wildman–Crippen LogP) is 5.20. The number of likely N-dealkylation sites (tertiary alicyclic amines) is 1. The summed E-state index contributed by atoms with van der Waals surface area (Å²) in [6.45, 7) is 7.59. The van der Waals surface area contributed by atoms with Crippen LogP contribution in [0.4, 0.5) is 4.79 Å². The molecule has 8 heteroatoms. The van der Waals surface area contributed by atoms with Gasteiger partial charge >= 0.3 is 12.1 Å². The highest BCUT2D eigenvalue weighted by Crippen LogP contribution is 2.60. The van der Waals surface area contributed by atoms with Crippen LogP contribution in [-0.2, 0) is 25.5 Å². The number of hydrogen-bond donors (Lipinski definition) is 0. The Hall–Kier alpha value is -3.26. The van der Waals surface area contributed by atoms with Crippen LogP contribution in [0.15, 0.2) is 59.6 Å². The van der Waals surface area contributed by atoms with Gasteiger partial charge in [-0.1, -0.05) is 42.1 Å². The smallest absolute Gasteiger partial charge is 0.418 e. The molecule has 0 N–H and O–H groups in total. The zero-order chi connectivity index (χ0) is 25.6. The highest BCUT2D eigenvalue weighted by molar-refractivity contribution is 8.00. The second kappa shape index (κ2) is 9.32. The van der Waals surface area contributed by atoms with Crippen LogP contribution in [0.2, 0.25) is 0 Å². The molecule has 1 fully saturated rings. The summed E-state index contributed by atoms with van der Waals surface area (Å²) in [7, 11) is 0. The Morgan fingerprint density at radius 2 is 1.75 bits per heavy atom. The molecule has 2 heterocycles. The van der Waals surface area contributed by atoms with E-state index in [1.165, 1.54) is 11.5 Å². The lowest BCUT2D eigenvalue weighted by molar-refractivity contribution is -0.154. The molecule has 1 aliphatic heterocycles. The zero-order valence-electron chi connectivity index (χ0n) is 20.9. The summed E-state index contributed by atoms with van der Waals surface area (Å²) in [5, 5.41) is 0.957. The molecule has 1 aromatic heterocycles. The van der Waals surface area contributed by atoms with Gasteiger partial charge in [0.25, 0.3) is 0 Å². The van der Waals surface area contributed by atoms with Gasteiger partial charge in [0.2, 0.25) is 5.91 Å². The molecular weight excluding hydrogens is 476 g/mol. The van der Waals surface area contributed by atoms with Crippen molar-refractivity contribution < 1.29 is 23.9 Å². The predicted molar refractivity (Wildman–Crippen MR) is 138 cm³/mol. The first-order valence-electron chi connectivity index (χ1n) is 12.3. The SMILES string of the molecule is CCOC(=O)[C@H]1[C@@H]2c3cn(C(=O)OCC)c4cccc(c34)C[C@@H]2C(C)(Sc2ccccc2)N1C(C)=O. The van der Waals surface area contributed by atoms with Crippen molar-refractivity contribution in [3.63, 3.8) is 0 Å². The minimum atomic E-state index is -0.803. The van der Waals surface area contributed by atoms with Crippen LogP contribution in [0.3, 0.4) is 0 Å². The van der Waals surface area contributed by atoms with Gasteiger partial charge in [0.05, 0.1) is 23.6 Å². The van der Waals surface area contributed by atoms with E-state index < -0.39 is 23.0 Å². The van der Waals surface area contributed by atoms with E-state index >= 15 is 0 Å². The van der Waals surface area contributed by atoms with Gasteiger partial charge < -0.3 is 14.4 Å². The van der Waals surface area contributed by atoms with Gasteiger partial charge in [-0.3, -0.25) is 9.36 Å². The van der Waals surface area contributed by atoms with Crippen LogP contribution >= 0.6 is 11.8 Å². The van der Waals surface area contributed by atoms with E-state index in [1.54, 1.807) is 36.7 Å². The molecule has 1 amide bonds. The first-order chi connectivity index (χ1) is 17.3. The molecule has 0 saturated carbocycles. The number of fused-ring (bicyclic) bond motifs is 2. The molecule has 188 valence electrons. The van der Waals surface area contributed by atoms with Crippen molar-refractivity contribution >= 4 is 40.6 Å². The van der Waals surface area contributed by atoms with Crippen LogP contribution in [-0.4, -0.2) is 51.6 Å². The van der Waals surface area contributed by atoms with E-state index in [4.69, 9.17) is 9.47 Å². The Kier molecular flexibility index (Phi) is 6.32. The largest absolute Gasteiger partial charge is 0.464 e. The minimum absolute atomic E-state index is 0.0860. The molecule has 1 unspecified atom stereocenters. The fourth-order valence-electron chi connectivity index (χ4n) is 6.11.